The molecule has 2 atom stereocenters. The quantitative estimate of drug-likeness (QED) is 0.663. The molecule has 0 unspecified atom stereocenters. The lowest BCUT2D eigenvalue weighted by molar-refractivity contribution is 0.0966. The van der Waals surface area contributed by atoms with E-state index in [0.717, 1.165) is 11.3 Å². The zero-order valence-corrected chi connectivity index (χ0v) is 16.0. The van der Waals surface area contributed by atoms with Crippen molar-refractivity contribution in [3.05, 3.63) is 65.7 Å². The molecule has 4 nitrogen and oxygen atoms in total. The lowest BCUT2D eigenvalue weighted by Gasteiger charge is -2.26. The first-order chi connectivity index (χ1) is 11.8. The number of ether oxygens (including phenoxy) is 2. The maximum absolute atomic E-state index is 12.2. The van der Waals surface area contributed by atoms with Crippen molar-refractivity contribution in [2.75, 3.05) is 7.11 Å². The molecule has 0 saturated heterocycles. The predicted molar refractivity (Wildman–Crippen MR) is 100 cm³/mol. The van der Waals surface area contributed by atoms with Gasteiger partial charge in [0.15, 0.2) is 6.10 Å². The minimum Gasteiger partial charge on any atom is -0.497 e. The Bertz CT molecular complexity index is 687. The summed E-state index contributed by atoms with van der Waals surface area (Å²) in [6, 6.07) is 15.9. The summed E-state index contributed by atoms with van der Waals surface area (Å²) >= 11 is 17.9. The van der Waals surface area contributed by atoms with Crippen molar-refractivity contribution in [1.82, 2.24) is 5.32 Å². The second-order valence-corrected chi connectivity index (χ2v) is 7.75. The van der Waals surface area contributed by atoms with E-state index in [-0.39, 0.29) is 6.04 Å². The molecule has 0 heterocycles. The molecule has 1 amide bonds. The third-order valence-electron chi connectivity index (χ3n) is 3.57. The predicted octanol–water partition coefficient (Wildman–Crippen LogP) is 5.59. The van der Waals surface area contributed by atoms with E-state index in [1.165, 1.54) is 0 Å². The second kappa shape index (κ2) is 8.65. The van der Waals surface area contributed by atoms with Gasteiger partial charge >= 0.3 is 6.09 Å². The Hall–Kier alpha value is -1.62. The van der Waals surface area contributed by atoms with E-state index < -0.39 is 16.0 Å². The molecule has 0 aliphatic heterocycles. The average molecular weight is 403 g/mol. The van der Waals surface area contributed by atoms with Gasteiger partial charge in [0, 0.05) is 0 Å². The molecule has 0 bridgehead atoms. The van der Waals surface area contributed by atoms with Crippen LogP contribution in [-0.4, -0.2) is 17.0 Å². The number of rotatable bonds is 5. The fourth-order valence-corrected chi connectivity index (χ4v) is 2.76. The zero-order valence-electron chi connectivity index (χ0n) is 13.7. The van der Waals surface area contributed by atoms with E-state index in [2.05, 4.69) is 5.32 Å². The standard InChI is InChI=1S/C18H18Cl3NO3/c1-12(13-8-10-15(24-2)11-9-13)22-17(23)25-16(18(19,20)21)14-6-4-3-5-7-14/h3-12,16H,1-2H3,(H,22,23)/t12-,16-/m1/s1. The molecule has 2 aromatic rings. The van der Waals surface area contributed by atoms with Crippen LogP contribution in [0.5, 0.6) is 5.75 Å². The van der Waals surface area contributed by atoms with Crippen LogP contribution in [0.3, 0.4) is 0 Å². The Morgan fingerprint density at radius 3 is 2.12 bits per heavy atom. The number of halogens is 3. The van der Waals surface area contributed by atoms with Crippen molar-refractivity contribution in [2.24, 2.45) is 0 Å². The van der Waals surface area contributed by atoms with Crippen LogP contribution in [0.1, 0.15) is 30.2 Å². The molecule has 0 saturated carbocycles. The SMILES string of the molecule is COc1ccc([C@@H](C)NC(=O)O[C@H](c2ccccc2)C(Cl)(Cl)Cl)cc1. The lowest BCUT2D eigenvalue weighted by Crippen LogP contribution is -2.32. The number of hydrogen-bond donors (Lipinski definition) is 1. The van der Waals surface area contributed by atoms with Crippen LogP contribution in [0.25, 0.3) is 0 Å². The van der Waals surface area contributed by atoms with Crippen LogP contribution < -0.4 is 10.1 Å². The molecule has 134 valence electrons. The lowest BCUT2D eigenvalue weighted by atomic mass is 10.1. The van der Waals surface area contributed by atoms with Gasteiger partial charge in [-0.2, -0.15) is 0 Å². The van der Waals surface area contributed by atoms with Crippen molar-refractivity contribution < 1.29 is 14.3 Å². The Morgan fingerprint density at radius 1 is 1.00 bits per heavy atom. The largest absolute Gasteiger partial charge is 0.497 e. The number of nitrogens with one attached hydrogen (secondary N) is 1. The molecule has 2 aromatic carbocycles. The van der Waals surface area contributed by atoms with E-state index >= 15 is 0 Å². The van der Waals surface area contributed by atoms with Crippen molar-refractivity contribution in [1.29, 1.82) is 0 Å². The number of methoxy groups -OCH3 is 1. The third kappa shape index (κ3) is 5.70. The molecule has 25 heavy (non-hydrogen) atoms. The highest BCUT2D eigenvalue weighted by Gasteiger charge is 2.37. The third-order valence-corrected chi connectivity index (χ3v) is 4.17. The van der Waals surface area contributed by atoms with Gasteiger partial charge in [0.1, 0.15) is 5.75 Å². The zero-order chi connectivity index (χ0) is 18.4. The van der Waals surface area contributed by atoms with Crippen LogP contribution in [-0.2, 0) is 4.74 Å². The minimum absolute atomic E-state index is 0.287. The van der Waals surface area contributed by atoms with Crippen molar-refractivity contribution in [3.8, 4) is 5.75 Å². The number of benzene rings is 2. The highest BCUT2D eigenvalue weighted by molar-refractivity contribution is 6.68. The molecule has 1 N–H and O–H groups in total. The molecule has 0 spiro atoms. The van der Waals surface area contributed by atoms with E-state index in [9.17, 15) is 4.79 Å². The second-order valence-electron chi connectivity index (χ2n) is 5.38. The van der Waals surface area contributed by atoms with Gasteiger partial charge in [-0.05, 0) is 30.2 Å². The van der Waals surface area contributed by atoms with Crippen molar-refractivity contribution in [3.63, 3.8) is 0 Å². The molecule has 0 aliphatic carbocycles. The molecule has 0 aliphatic rings. The molecular formula is C18H18Cl3NO3. The van der Waals surface area contributed by atoms with E-state index in [4.69, 9.17) is 44.3 Å². The van der Waals surface area contributed by atoms with Gasteiger partial charge < -0.3 is 14.8 Å². The van der Waals surface area contributed by atoms with Gasteiger partial charge in [-0.1, -0.05) is 77.3 Å². The first kappa shape index (κ1) is 19.7. The molecule has 0 aromatic heterocycles. The number of hydrogen-bond acceptors (Lipinski definition) is 3. The van der Waals surface area contributed by atoms with Crippen LogP contribution in [0, 0.1) is 0 Å². The number of alkyl carbamates (subject to hydrolysis) is 1. The molecule has 0 radical (unpaired) electrons. The average Bonchev–Trinajstić information content (AvgIpc) is 2.59. The van der Waals surface area contributed by atoms with Gasteiger partial charge in [-0.25, -0.2) is 4.79 Å². The van der Waals surface area contributed by atoms with Crippen LogP contribution in [0.15, 0.2) is 54.6 Å². The first-order valence-corrected chi connectivity index (χ1v) is 8.67. The summed E-state index contributed by atoms with van der Waals surface area (Å²) in [6.45, 7) is 1.83. The summed E-state index contributed by atoms with van der Waals surface area (Å²) in [5, 5.41) is 2.73. The van der Waals surface area contributed by atoms with Crippen molar-refractivity contribution >= 4 is 40.9 Å². The van der Waals surface area contributed by atoms with Gasteiger partial charge in [-0.15, -0.1) is 0 Å². The molecule has 0 fully saturated rings. The summed E-state index contributed by atoms with van der Waals surface area (Å²) in [5.41, 5.74) is 1.48. The highest BCUT2D eigenvalue weighted by atomic mass is 35.6. The van der Waals surface area contributed by atoms with Crippen LogP contribution in [0.2, 0.25) is 0 Å². The fraction of sp³-hybridized carbons (Fsp3) is 0.278. The van der Waals surface area contributed by atoms with Gasteiger partial charge in [0.2, 0.25) is 3.79 Å². The molecular weight excluding hydrogens is 385 g/mol. The Kier molecular flexibility index (Phi) is 6.82. The maximum atomic E-state index is 12.2. The van der Waals surface area contributed by atoms with E-state index in [0.29, 0.717) is 5.56 Å². The summed E-state index contributed by atoms with van der Waals surface area (Å²) < 4.78 is 8.69. The Balaban J connectivity index is 2.05. The summed E-state index contributed by atoms with van der Waals surface area (Å²) in [7, 11) is 1.59. The summed E-state index contributed by atoms with van der Waals surface area (Å²) in [4.78, 5) is 12.2. The molecule has 7 heteroatoms. The van der Waals surface area contributed by atoms with Crippen LogP contribution >= 0.6 is 34.8 Å². The maximum Gasteiger partial charge on any atom is 0.408 e. The Morgan fingerprint density at radius 2 is 1.60 bits per heavy atom. The minimum atomic E-state index is -1.79. The van der Waals surface area contributed by atoms with Gasteiger partial charge in [0.05, 0.1) is 13.2 Å². The van der Waals surface area contributed by atoms with Crippen LogP contribution in [0.4, 0.5) is 4.79 Å². The highest BCUT2D eigenvalue weighted by Crippen LogP contribution is 2.42. The van der Waals surface area contributed by atoms with E-state index in [1.807, 2.05) is 37.3 Å². The monoisotopic (exact) mass is 401 g/mol. The van der Waals surface area contributed by atoms with Gasteiger partial charge in [-0.3, -0.25) is 0 Å². The topological polar surface area (TPSA) is 47.6 Å². The smallest absolute Gasteiger partial charge is 0.408 e. The summed E-state index contributed by atoms with van der Waals surface area (Å²) in [6.07, 6.45) is -1.70. The molecule has 2 rings (SSSR count). The van der Waals surface area contributed by atoms with Gasteiger partial charge in [0.25, 0.3) is 0 Å². The normalized spacial score (nSPS) is 13.6. The fourth-order valence-electron chi connectivity index (χ4n) is 2.25. The van der Waals surface area contributed by atoms with Crippen molar-refractivity contribution in [2.45, 2.75) is 22.9 Å². The first-order valence-electron chi connectivity index (χ1n) is 7.54. The number of carbonyl (C=O) groups excluding carboxylic acids is 1. The Labute approximate surface area is 162 Å². The number of alkyl halides is 3. The summed E-state index contributed by atoms with van der Waals surface area (Å²) in [5.74, 6) is 0.735. The van der Waals surface area contributed by atoms with E-state index in [1.54, 1.807) is 31.4 Å². The number of carbonyl (C=O) groups is 1. The number of amides is 1.